The lowest BCUT2D eigenvalue weighted by Crippen LogP contribution is -2.39. The molecule has 2 aliphatic heterocycles. The molecule has 2 aromatic rings. The SMILES string of the molecule is Cc1ccc(N2C(=O)[C@H]3[C@H](c4ccco4)[C@H](C#N)C(=N)S[C@H]3C2=O)cc1. The molecule has 2 fully saturated rings. The Hall–Kier alpha value is -2.85. The van der Waals surface area contributed by atoms with Crippen LogP contribution in [-0.2, 0) is 9.59 Å². The predicted molar refractivity (Wildman–Crippen MR) is 96.8 cm³/mol. The summed E-state index contributed by atoms with van der Waals surface area (Å²) in [6.45, 7) is 1.93. The van der Waals surface area contributed by atoms with E-state index >= 15 is 0 Å². The van der Waals surface area contributed by atoms with Crippen molar-refractivity contribution < 1.29 is 14.0 Å². The van der Waals surface area contributed by atoms with Crippen molar-refractivity contribution >= 4 is 34.3 Å². The molecule has 0 unspecified atom stereocenters. The number of benzene rings is 1. The highest BCUT2D eigenvalue weighted by molar-refractivity contribution is 8.15. The minimum absolute atomic E-state index is 0.0991. The molecule has 2 amide bonds. The fraction of sp³-hybridized carbons (Fsp3) is 0.263. The number of aryl methyl sites for hydroxylation is 1. The number of nitriles is 1. The van der Waals surface area contributed by atoms with Gasteiger partial charge < -0.3 is 4.42 Å². The van der Waals surface area contributed by atoms with Crippen LogP contribution < -0.4 is 4.90 Å². The van der Waals surface area contributed by atoms with Crippen LogP contribution in [0.15, 0.2) is 47.1 Å². The predicted octanol–water partition coefficient (Wildman–Crippen LogP) is 3.09. The Morgan fingerprint density at radius 1 is 1.15 bits per heavy atom. The fourth-order valence-electron chi connectivity index (χ4n) is 3.62. The topological polar surface area (TPSA) is 98.2 Å². The van der Waals surface area contributed by atoms with Crippen LogP contribution in [0.5, 0.6) is 0 Å². The Morgan fingerprint density at radius 2 is 1.88 bits per heavy atom. The molecule has 2 aliphatic rings. The second-order valence-corrected chi connectivity index (χ2v) is 7.61. The lowest BCUT2D eigenvalue weighted by Gasteiger charge is -2.32. The summed E-state index contributed by atoms with van der Waals surface area (Å²) in [5.41, 5.74) is 1.54. The van der Waals surface area contributed by atoms with Gasteiger partial charge >= 0.3 is 0 Å². The summed E-state index contributed by atoms with van der Waals surface area (Å²) in [5, 5.41) is 17.1. The van der Waals surface area contributed by atoms with Gasteiger partial charge in [-0.05, 0) is 31.2 Å². The van der Waals surface area contributed by atoms with Crippen molar-refractivity contribution in [3.05, 3.63) is 54.0 Å². The van der Waals surface area contributed by atoms with E-state index in [1.165, 1.54) is 11.2 Å². The zero-order valence-electron chi connectivity index (χ0n) is 13.9. The Labute approximate surface area is 154 Å². The third kappa shape index (κ3) is 2.37. The number of nitrogens with one attached hydrogen (secondary N) is 1. The van der Waals surface area contributed by atoms with Crippen molar-refractivity contribution in [1.82, 2.24) is 0 Å². The van der Waals surface area contributed by atoms with Gasteiger partial charge in [-0.25, -0.2) is 4.90 Å². The molecule has 0 aliphatic carbocycles. The van der Waals surface area contributed by atoms with E-state index < -0.39 is 23.0 Å². The zero-order chi connectivity index (χ0) is 18.4. The summed E-state index contributed by atoms with van der Waals surface area (Å²) < 4.78 is 5.46. The van der Waals surface area contributed by atoms with Gasteiger partial charge in [0.2, 0.25) is 11.8 Å². The first-order chi connectivity index (χ1) is 12.5. The average molecular weight is 365 g/mol. The molecule has 3 heterocycles. The number of thioether (sulfide) groups is 1. The number of anilines is 1. The minimum atomic E-state index is -0.804. The van der Waals surface area contributed by atoms with E-state index in [2.05, 4.69) is 6.07 Å². The molecule has 1 aromatic carbocycles. The molecule has 130 valence electrons. The van der Waals surface area contributed by atoms with Crippen molar-refractivity contribution in [3.8, 4) is 6.07 Å². The molecular formula is C19H15N3O3S. The summed E-state index contributed by atoms with van der Waals surface area (Å²) >= 11 is 1.01. The Bertz CT molecular complexity index is 930. The maximum absolute atomic E-state index is 13.2. The van der Waals surface area contributed by atoms with E-state index in [1.807, 2.05) is 19.1 Å². The molecule has 2 saturated heterocycles. The van der Waals surface area contributed by atoms with E-state index in [-0.39, 0.29) is 16.9 Å². The quantitative estimate of drug-likeness (QED) is 0.825. The van der Waals surface area contributed by atoms with E-state index in [0.29, 0.717) is 11.4 Å². The molecule has 0 spiro atoms. The zero-order valence-corrected chi connectivity index (χ0v) is 14.7. The van der Waals surface area contributed by atoms with Crippen LogP contribution in [0.1, 0.15) is 17.2 Å². The van der Waals surface area contributed by atoms with Crippen molar-refractivity contribution in [3.63, 3.8) is 0 Å². The van der Waals surface area contributed by atoms with Gasteiger partial charge in [0.05, 0.1) is 34.9 Å². The van der Waals surface area contributed by atoms with Crippen LogP contribution in [0.3, 0.4) is 0 Å². The minimum Gasteiger partial charge on any atom is -0.469 e. The van der Waals surface area contributed by atoms with Gasteiger partial charge in [0, 0.05) is 0 Å². The Morgan fingerprint density at radius 3 is 2.50 bits per heavy atom. The van der Waals surface area contributed by atoms with Crippen LogP contribution in [0.25, 0.3) is 0 Å². The summed E-state index contributed by atoms with van der Waals surface area (Å²) in [7, 11) is 0. The number of carbonyl (C=O) groups is 2. The lowest BCUT2D eigenvalue weighted by molar-refractivity contribution is -0.122. The molecule has 7 heteroatoms. The van der Waals surface area contributed by atoms with E-state index in [9.17, 15) is 14.9 Å². The molecule has 1 N–H and O–H groups in total. The molecule has 4 atom stereocenters. The molecule has 0 radical (unpaired) electrons. The van der Waals surface area contributed by atoms with E-state index in [4.69, 9.17) is 9.83 Å². The summed E-state index contributed by atoms with van der Waals surface area (Å²) in [6.07, 6.45) is 1.48. The third-order valence-corrected chi connectivity index (χ3v) is 6.14. The van der Waals surface area contributed by atoms with Gasteiger partial charge in [-0.2, -0.15) is 5.26 Å². The first-order valence-corrected chi connectivity index (χ1v) is 9.03. The number of imide groups is 1. The van der Waals surface area contributed by atoms with E-state index in [0.717, 1.165) is 17.3 Å². The maximum atomic E-state index is 13.2. The summed E-state index contributed by atoms with van der Waals surface area (Å²) in [4.78, 5) is 27.3. The highest BCUT2D eigenvalue weighted by atomic mass is 32.2. The van der Waals surface area contributed by atoms with Crippen molar-refractivity contribution in [1.29, 1.82) is 10.7 Å². The van der Waals surface area contributed by atoms with Crippen molar-refractivity contribution in [2.75, 3.05) is 4.90 Å². The second-order valence-electron chi connectivity index (χ2n) is 6.42. The number of amides is 2. The van der Waals surface area contributed by atoms with Gasteiger partial charge in [0.25, 0.3) is 0 Å². The summed E-state index contributed by atoms with van der Waals surface area (Å²) in [5.74, 6) is -2.39. The van der Waals surface area contributed by atoms with Crippen molar-refractivity contribution in [2.45, 2.75) is 18.1 Å². The van der Waals surface area contributed by atoms with Crippen LogP contribution in [0.2, 0.25) is 0 Å². The molecular weight excluding hydrogens is 350 g/mol. The number of furan rings is 1. The fourth-order valence-corrected chi connectivity index (χ4v) is 4.88. The molecule has 6 nitrogen and oxygen atoms in total. The van der Waals surface area contributed by atoms with Crippen LogP contribution in [0.4, 0.5) is 5.69 Å². The number of rotatable bonds is 2. The lowest BCUT2D eigenvalue weighted by atomic mass is 9.79. The normalized spacial score (nSPS) is 28.2. The van der Waals surface area contributed by atoms with E-state index in [1.54, 1.807) is 24.3 Å². The van der Waals surface area contributed by atoms with Crippen LogP contribution in [0, 0.1) is 35.5 Å². The van der Waals surface area contributed by atoms with Gasteiger partial charge in [0.15, 0.2) is 0 Å². The summed E-state index contributed by atoms with van der Waals surface area (Å²) in [6, 6.07) is 12.7. The average Bonchev–Trinajstić information content (AvgIpc) is 3.23. The number of nitrogens with zero attached hydrogens (tertiary/aromatic N) is 2. The molecule has 4 rings (SSSR count). The first kappa shape index (κ1) is 16.6. The third-order valence-electron chi connectivity index (χ3n) is 4.88. The molecule has 0 bridgehead atoms. The smallest absolute Gasteiger partial charge is 0.248 e. The Kier molecular flexibility index (Phi) is 3.93. The highest BCUT2D eigenvalue weighted by Gasteiger charge is 2.59. The Balaban J connectivity index is 1.80. The number of carbonyl (C=O) groups excluding carboxylic acids is 2. The highest BCUT2D eigenvalue weighted by Crippen LogP contribution is 2.50. The first-order valence-electron chi connectivity index (χ1n) is 8.15. The molecule has 26 heavy (non-hydrogen) atoms. The second kappa shape index (κ2) is 6.15. The van der Waals surface area contributed by atoms with Crippen molar-refractivity contribution in [2.24, 2.45) is 11.8 Å². The van der Waals surface area contributed by atoms with Crippen LogP contribution in [-0.4, -0.2) is 22.1 Å². The van der Waals surface area contributed by atoms with Gasteiger partial charge in [-0.1, -0.05) is 29.5 Å². The van der Waals surface area contributed by atoms with Gasteiger partial charge in [-0.15, -0.1) is 0 Å². The number of fused-ring (bicyclic) bond motifs is 1. The standard InChI is InChI=1S/C19H15N3O3S/c1-10-4-6-11(7-5-10)22-18(23)15-14(13-3-2-8-25-13)12(9-20)17(21)26-16(15)19(22)24/h2-8,12,14-16,21H,1H3/t12-,14-,15-,16+/m0/s1. The monoisotopic (exact) mass is 365 g/mol. The molecule has 1 aromatic heterocycles. The van der Waals surface area contributed by atoms with Gasteiger partial charge in [-0.3, -0.25) is 15.0 Å². The maximum Gasteiger partial charge on any atom is 0.248 e. The number of hydrogen-bond acceptors (Lipinski definition) is 6. The van der Waals surface area contributed by atoms with Gasteiger partial charge in [0.1, 0.15) is 16.9 Å². The van der Waals surface area contributed by atoms with Crippen LogP contribution >= 0.6 is 11.8 Å². The number of hydrogen-bond donors (Lipinski definition) is 1. The largest absolute Gasteiger partial charge is 0.469 e. The molecule has 0 saturated carbocycles.